The maximum Gasteiger partial charge on any atom is 0.262 e. The molecule has 0 saturated heterocycles. The Hall–Kier alpha value is -4.00. The first-order valence-electron chi connectivity index (χ1n) is 8.55. The standard InChI is InChI=1S/C21H15N3O4/c22-19-18-14(20(27)23-21(18)28)11-17(26)24(19)15-9-5-4-8-13(15)16(25)10-12-6-2-1-3-7-12/h1-9,11H,10,22H2,(H,23,27,28). The van der Waals surface area contributed by atoms with Crippen molar-refractivity contribution in [2.45, 2.75) is 6.42 Å². The lowest BCUT2D eigenvalue weighted by Crippen LogP contribution is -2.25. The van der Waals surface area contributed by atoms with E-state index in [4.69, 9.17) is 5.73 Å². The van der Waals surface area contributed by atoms with Crippen molar-refractivity contribution in [1.29, 1.82) is 0 Å². The minimum Gasteiger partial charge on any atom is -0.384 e. The molecule has 2 aromatic carbocycles. The summed E-state index contributed by atoms with van der Waals surface area (Å²) in [4.78, 5) is 49.4. The Bertz CT molecular complexity index is 1200. The van der Waals surface area contributed by atoms with E-state index in [2.05, 4.69) is 5.32 Å². The molecule has 3 N–H and O–H groups in total. The molecule has 0 radical (unpaired) electrons. The first-order valence-corrected chi connectivity index (χ1v) is 8.55. The van der Waals surface area contributed by atoms with Crippen molar-refractivity contribution in [3.05, 3.63) is 93.3 Å². The number of nitrogens with zero attached hydrogens (tertiary/aromatic N) is 1. The summed E-state index contributed by atoms with van der Waals surface area (Å²) in [5.74, 6) is -1.70. The highest BCUT2D eigenvalue weighted by atomic mass is 16.2. The van der Waals surface area contributed by atoms with E-state index in [1.54, 1.807) is 24.3 Å². The molecule has 4 rings (SSSR count). The summed E-state index contributed by atoms with van der Waals surface area (Å²) in [5, 5.41) is 2.12. The van der Waals surface area contributed by atoms with Crippen LogP contribution < -0.4 is 16.6 Å². The molecule has 0 unspecified atom stereocenters. The average molecular weight is 373 g/mol. The maximum absolute atomic E-state index is 12.9. The average Bonchev–Trinajstić information content (AvgIpc) is 2.96. The van der Waals surface area contributed by atoms with Gasteiger partial charge in [-0.05, 0) is 17.7 Å². The van der Waals surface area contributed by atoms with E-state index in [1.165, 1.54) is 0 Å². The molecule has 28 heavy (non-hydrogen) atoms. The summed E-state index contributed by atoms with van der Waals surface area (Å²) in [7, 11) is 0. The molecule has 0 bridgehead atoms. The maximum atomic E-state index is 12.9. The first kappa shape index (κ1) is 17.4. The number of aromatic nitrogens is 1. The molecule has 0 aliphatic carbocycles. The highest BCUT2D eigenvalue weighted by Crippen LogP contribution is 2.25. The summed E-state index contributed by atoms with van der Waals surface area (Å²) >= 11 is 0. The first-order chi connectivity index (χ1) is 13.5. The second-order valence-corrected chi connectivity index (χ2v) is 6.38. The van der Waals surface area contributed by atoms with E-state index in [-0.39, 0.29) is 34.8 Å². The lowest BCUT2D eigenvalue weighted by Gasteiger charge is -2.15. The molecule has 1 aliphatic heterocycles. The van der Waals surface area contributed by atoms with Crippen molar-refractivity contribution in [1.82, 2.24) is 9.88 Å². The predicted octanol–water partition coefficient (Wildman–Crippen LogP) is 1.73. The summed E-state index contributed by atoms with van der Waals surface area (Å²) in [6, 6.07) is 16.8. The molecule has 138 valence electrons. The Morgan fingerprint density at radius 1 is 0.929 bits per heavy atom. The largest absolute Gasteiger partial charge is 0.384 e. The van der Waals surface area contributed by atoms with Crippen molar-refractivity contribution < 1.29 is 14.4 Å². The molecule has 2 heterocycles. The van der Waals surface area contributed by atoms with Crippen LogP contribution in [0.3, 0.4) is 0 Å². The van der Waals surface area contributed by atoms with Gasteiger partial charge in [0.15, 0.2) is 5.78 Å². The van der Waals surface area contributed by atoms with Gasteiger partial charge in [0.05, 0.1) is 16.8 Å². The number of carbonyl (C=O) groups excluding carboxylic acids is 3. The Labute approximate surface area is 159 Å². The molecule has 3 aromatic rings. The molecule has 2 amide bonds. The third-order valence-electron chi connectivity index (χ3n) is 4.61. The number of ketones is 1. The van der Waals surface area contributed by atoms with Crippen LogP contribution in [-0.2, 0) is 6.42 Å². The van der Waals surface area contributed by atoms with Crippen LogP contribution in [0.15, 0.2) is 65.5 Å². The lowest BCUT2D eigenvalue weighted by molar-refractivity contribution is 0.0878. The molecule has 7 nitrogen and oxygen atoms in total. The molecule has 1 aliphatic rings. The minimum atomic E-state index is -0.667. The van der Waals surface area contributed by atoms with Gasteiger partial charge in [-0.3, -0.25) is 29.1 Å². The highest BCUT2D eigenvalue weighted by molar-refractivity contribution is 6.23. The number of anilines is 1. The van der Waals surface area contributed by atoms with E-state index >= 15 is 0 Å². The van der Waals surface area contributed by atoms with E-state index in [9.17, 15) is 19.2 Å². The third kappa shape index (κ3) is 2.79. The minimum absolute atomic E-state index is 0.0585. The van der Waals surface area contributed by atoms with Crippen molar-refractivity contribution in [3.8, 4) is 5.69 Å². The van der Waals surface area contributed by atoms with Gasteiger partial charge >= 0.3 is 0 Å². The highest BCUT2D eigenvalue weighted by Gasteiger charge is 2.32. The summed E-state index contributed by atoms with van der Waals surface area (Å²) in [5.41, 5.74) is 6.76. The predicted molar refractivity (Wildman–Crippen MR) is 103 cm³/mol. The van der Waals surface area contributed by atoms with Gasteiger partial charge in [-0.15, -0.1) is 0 Å². The number of rotatable bonds is 4. The summed E-state index contributed by atoms with van der Waals surface area (Å²) < 4.78 is 1.09. The molecular formula is C21H15N3O4. The number of imide groups is 1. The van der Waals surface area contributed by atoms with Crippen LogP contribution in [0.5, 0.6) is 0 Å². The van der Waals surface area contributed by atoms with Gasteiger partial charge in [0.2, 0.25) is 0 Å². The van der Waals surface area contributed by atoms with Gasteiger partial charge in [0, 0.05) is 18.1 Å². The fourth-order valence-electron chi connectivity index (χ4n) is 3.31. The summed E-state index contributed by atoms with van der Waals surface area (Å²) in [6.45, 7) is 0. The normalized spacial score (nSPS) is 12.6. The van der Waals surface area contributed by atoms with Crippen LogP contribution in [0.1, 0.15) is 36.6 Å². The molecule has 0 spiro atoms. The number of pyridine rings is 1. The second kappa shape index (κ2) is 6.62. The zero-order valence-electron chi connectivity index (χ0n) is 14.6. The number of nitrogens with one attached hydrogen (secondary N) is 1. The van der Waals surface area contributed by atoms with Gasteiger partial charge in [0.25, 0.3) is 17.4 Å². The van der Waals surface area contributed by atoms with Crippen LogP contribution in [0, 0.1) is 0 Å². The van der Waals surface area contributed by atoms with Crippen molar-refractivity contribution in [2.75, 3.05) is 5.73 Å². The number of para-hydroxylation sites is 1. The van der Waals surface area contributed by atoms with E-state index < -0.39 is 17.4 Å². The van der Waals surface area contributed by atoms with Gasteiger partial charge < -0.3 is 5.73 Å². The van der Waals surface area contributed by atoms with Crippen molar-refractivity contribution in [3.63, 3.8) is 0 Å². The quantitative estimate of drug-likeness (QED) is 0.534. The number of Topliss-reactive ketones (excluding diaryl/α,β-unsaturated/α-hetero) is 1. The van der Waals surface area contributed by atoms with E-state index in [0.717, 1.165) is 16.2 Å². The molecule has 0 fully saturated rings. The topological polar surface area (TPSA) is 111 Å². The van der Waals surface area contributed by atoms with Gasteiger partial charge in [0.1, 0.15) is 5.82 Å². The van der Waals surface area contributed by atoms with Crippen molar-refractivity contribution in [2.24, 2.45) is 0 Å². The van der Waals surface area contributed by atoms with Gasteiger partial charge in [-0.1, -0.05) is 42.5 Å². The molecular weight excluding hydrogens is 358 g/mol. The number of fused-ring (bicyclic) bond motifs is 1. The molecule has 0 saturated carbocycles. The molecule has 7 heteroatoms. The number of hydrogen-bond acceptors (Lipinski definition) is 5. The number of nitrogen functional groups attached to an aromatic ring is 1. The van der Waals surface area contributed by atoms with E-state index in [1.807, 2.05) is 30.3 Å². The Morgan fingerprint density at radius 3 is 2.36 bits per heavy atom. The third-order valence-corrected chi connectivity index (χ3v) is 4.61. The fraction of sp³-hybridized carbons (Fsp3) is 0.0476. The molecule has 0 atom stereocenters. The second-order valence-electron chi connectivity index (χ2n) is 6.38. The number of benzene rings is 2. The molecule has 1 aromatic heterocycles. The smallest absolute Gasteiger partial charge is 0.262 e. The van der Waals surface area contributed by atoms with Crippen molar-refractivity contribution >= 4 is 23.4 Å². The monoisotopic (exact) mass is 373 g/mol. The fourth-order valence-corrected chi connectivity index (χ4v) is 3.31. The Morgan fingerprint density at radius 2 is 1.61 bits per heavy atom. The van der Waals surface area contributed by atoms with Gasteiger partial charge in [-0.2, -0.15) is 0 Å². The van der Waals surface area contributed by atoms with E-state index in [0.29, 0.717) is 5.56 Å². The Balaban J connectivity index is 1.85. The Kier molecular flexibility index (Phi) is 4.12. The number of hydrogen-bond donors (Lipinski definition) is 2. The van der Waals surface area contributed by atoms with Crippen LogP contribution in [-0.4, -0.2) is 22.2 Å². The van der Waals surface area contributed by atoms with Gasteiger partial charge in [-0.25, -0.2) is 0 Å². The zero-order chi connectivity index (χ0) is 19.8. The SMILES string of the molecule is Nc1c2c(cc(=O)n1-c1ccccc1C(=O)Cc1ccccc1)C(=O)NC2=O. The van der Waals surface area contributed by atoms with Crippen LogP contribution in [0.2, 0.25) is 0 Å². The number of carbonyl (C=O) groups is 3. The van der Waals surface area contributed by atoms with Crippen LogP contribution in [0.25, 0.3) is 5.69 Å². The number of amides is 2. The summed E-state index contributed by atoms with van der Waals surface area (Å²) in [6.07, 6.45) is 0.149. The van der Waals surface area contributed by atoms with Crippen LogP contribution in [0.4, 0.5) is 5.82 Å². The van der Waals surface area contributed by atoms with Crippen LogP contribution >= 0.6 is 0 Å². The zero-order valence-corrected chi connectivity index (χ0v) is 14.6. The number of nitrogens with two attached hydrogens (primary N) is 1. The lowest BCUT2D eigenvalue weighted by atomic mass is 10.0.